The first-order valence-corrected chi connectivity index (χ1v) is 12.7. The SMILES string of the molecule is COc1ccc(-n2c(C)cc(C(=O)CSc3ncnc4scc(-c5ccccc5)c34)c2C)cc1. The number of Topliss-reactive ketones (excluding diaryl/α,β-unsaturated/α-hetero) is 1. The lowest BCUT2D eigenvalue weighted by Gasteiger charge is -2.11. The Bertz CT molecular complexity index is 1470. The van der Waals surface area contributed by atoms with Gasteiger partial charge in [0.1, 0.15) is 21.9 Å². The third kappa shape index (κ3) is 4.13. The summed E-state index contributed by atoms with van der Waals surface area (Å²) >= 11 is 3.07. The Labute approximate surface area is 206 Å². The summed E-state index contributed by atoms with van der Waals surface area (Å²) in [5.41, 5.74) is 5.92. The number of fused-ring (bicyclic) bond motifs is 1. The smallest absolute Gasteiger partial charge is 0.174 e. The average Bonchev–Trinajstić information content (AvgIpc) is 3.44. The third-order valence-corrected chi connectivity index (χ3v) is 7.70. The van der Waals surface area contributed by atoms with Crippen molar-refractivity contribution in [2.75, 3.05) is 12.9 Å². The molecule has 0 saturated carbocycles. The Morgan fingerprint density at radius 2 is 1.82 bits per heavy atom. The fourth-order valence-corrected chi connectivity index (χ4v) is 6.05. The number of thiophene rings is 1. The zero-order chi connectivity index (χ0) is 23.7. The normalized spacial score (nSPS) is 11.1. The molecule has 0 spiro atoms. The second kappa shape index (κ2) is 9.44. The van der Waals surface area contributed by atoms with Crippen LogP contribution in [0.1, 0.15) is 21.7 Å². The Morgan fingerprint density at radius 1 is 1.06 bits per heavy atom. The number of ketones is 1. The van der Waals surface area contributed by atoms with Gasteiger partial charge in [0.2, 0.25) is 0 Å². The molecule has 34 heavy (non-hydrogen) atoms. The number of hydrogen-bond donors (Lipinski definition) is 0. The summed E-state index contributed by atoms with van der Waals surface area (Å²) in [5, 5.41) is 3.96. The molecule has 7 heteroatoms. The fraction of sp³-hybridized carbons (Fsp3) is 0.148. The summed E-state index contributed by atoms with van der Waals surface area (Å²) in [6.45, 7) is 4.01. The molecule has 0 fully saturated rings. The molecule has 0 saturated heterocycles. The van der Waals surface area contributed by atoms with Crippen molar-refractivity contribution in [1.29, 1.82) is 0 Å². The minimum Gasteiger partial charge on any atom is -0.497 e. The van der Waals surface area contributed by atoms with Crippen LogP contribution >= 0.6 is 23.1 Å². The summed E-state index contributed by atoms with van der Waals surface area (Å²) < 4.78 is 7.37. The highest BCUT2D eigenvalue weighted by atomic mass is 32.2. The van der Waals surface area contributed by atoms with Crippen molar-refractivity contribution in [3.63, 3.8) is 0 Å². The molecule has 3 aromatic heterocycles. The summed E-state index contributed by atoms with van der Waals surface area (Å²) in [6.07, 6.45) is 1.58. The van der Waals surface area contributed by atoms with Crippen LogP contribution in [0.2, 0.25) is 0 Å². The van der Waals surface area contributed by atoms with E-state index in [2.05, 4.69) is 32.0 Å². The standard InChI is InChI=1S/C27H23N3O2S2/c1-17-13-22(18(2)30(17)20-9-11-21(32-3)12-10-20)24(31)15-34-27-25-23(19-7-5-4-6-8-19)14-33-26(25)28-16-29-27/h4-14,16H,15H2,1-3H3. The van der Waals surface area contributed by atoms with Gasteiger partial charge >= 0.3 is 0 Å². The molecule has 0 aliphatic rings. The van der Waals surface area contributed by atoms with Crippen LogP contribution in [0.25, 0.3) is 27.0 Å². The van der Waals surface area contributed by atoms with E-state index in [9.17, 15) is 4.79 Å². The van der Waals surface area contributed by atoms with Crippen LogP contribution in [-0.4, -0.2) is 33.2 Å². The number of hydrogen-bond acceptors (Lipinski definition) is 6. The molecule has 5 aromatic rings. The summed E-state index contributed by atoms with van der Waals surface area (Å²) in [6, 6.07) is 20.1. The van der Waals surface area contributed by atoms with E-state index in [1.807, 2.05) is 62.4 Å². The Morgan fingerprint density at radius 3 is 2.56 bits per heavy atom. The molecule has 0 aliphatic carbocycles. The van der Waals surface area contributed by atoms with Crippen LogP contribution in [0.3, 0.4) is 0 Å². The first-order valence-electron chi connectivity index (χ1n) is 10.8. The number of nitrogens with zero attached hydrogens (tertiary/aromatic N) is 3. The number of methoxy groups -OCH3 is 1. The highest BCUT2D eigenvalue weighted by Gasteiger charge is 2.19. The van der Waals surface area contributed by atoms with Crippen LogP contribution in [0.4, 0.5) is 0 Å². The molecular weight excluding hydrogens is 462 g/mol. The van der Waals surface area contributed by atoms with Gasteiger partial charge in [-0.3, -0.25) is 4.79 Å². The molecule has 2 aromatic carbocycles. The predicted molar refractivity (Wildman–Crippen MR) is 140 cm³/mol. The van der Waals surface area contributed by atoms with E-state index in [0.717, 1.165) is 54.8 Å². The number of ether oxygens (including phenoxy) is 1. The molecule has 0 atom stereocenters. The quantitative estimate of drug-likeness (QED) is 0.145. The largest absolute Gasteiger partial charge is 0.497 e. The van der Waals surface area contributed by atoms with Crippen LogP contribution in [0, 0.1) is 13.8 Å². The van der Waals surface area contributed by atoms with Crippen molar-refractivity contribution in [3.8, 4) is 22.6 Å². The van der Waals surface area contributed by atoms with Gasteiger partial charge in [0, 0.05) is 33.6 Å². The molecule has 0 radical (unpaired) electrons. The highest BCUT2D eigenvalue weighted by molar-refractivity contribution is 8.00. The van der Waals surface area contributed by atoms with Gasteiger partial charge < -0.3 is 9.30 Å². The minimum absolute atomic E-state index is 0.0844. The minimum atomic E-state index is 0.0844. The lowest BCUT2D eigenvalue weighted by molar-refractivity contribution is 0.102. The number of aryl methyl sites for hydroxylation is 1. The summed E-state index contributed by atoms with van der Waals surface area (Å²) in [5.74, 6) is 1.20. The maximum Gasteiger partial charge on any atom is 0.174 e. The molecule has 0 bridgehead atoms. The first kappa shape index (κ1) is 22.4. The number of benzene rings is 2. The number of aromatic nitrogens is 3. The predicted octanol–water partition coefficient (Wildman–Crippen LogP) is 6.75. The molecule has 0 N–H and O–H groups in total. The molecule has 0 amide bonds. The van der Waals surface area contributed by atoms with E-state index in [0.29, 0.717) is 5.75 Å². The lowest BCUT2D eigenvalue weighted by Crippen LogP contribution is -2.06. The van der Waals surface area contributed by atoms with Gasteiger partial charge in [-0.25, -0.2) is 9.97 Å². The molecule has 0 unspecified atom stereocenters. The second-order valence-corrected chi connectivity index (χ2v) is 9.73. The van der Waals surface area contributed by atoms with Crippen molar-refractivity contribution < 1.29 is 9.53 Å². The number of carbonyl (C=O) groups excluding carboxylic acids is 1. The van der Waals surface area contributed by atoms with Gasteiger partial charge in [-0.15, -0.1) is 11.3 Å². The van der Waals surface area contributed by atoms with Crippen LogP contribution in [0.5, 0.6) is 5.75 Å². The summed E-state index contributed by atoms with van der Waals surface area (Å²) in [4.78, 5) is 23.2. The van der Waals surface area contributed by atoms with Crippen molar-refractivity contribution in [2.45, 2.75) is 18.9 Å². The van der Waals surface area contributed by atoms with Gasteiger partial charge in [-0.1, -0.05) is 42.1 Å². The van der Waals surface area contributed by atoms with Crippen molar-refractivity contribution in [3.05, 3.63) is 89.3 Å². The van der Waals surface area contributed by atoms with E-state index >= 15 is 0 Å². The Hall–Kier alpha value is -3.42. The Balaban J connectivity index is 1.42. The van der Waals surface area contributed by atoms with Crippen LogP contribution < -0.4 is 4.74 Å². The van der Waals surface area contributed by atoms with Crippen molar-refractivity contribution in [2.24, 2.45) is 0 Å². The molecule has 5 rings (SSSR count). The van der Waals surface area contributed by atoms with Crippen LogP contribution in [-0.2, 0) is 0 Å². The number of carbonyl (C=O) groups is 1. The number of thioether (sulfide) groups is 1. The van der Waals surface area contributed by atoms with Gasteiger partial charge in [-0.05, 0) is 49.7 Å². The van der Waals surface area contributed by atoms with E-state index in [-0.39, 0.29) is 5.78 Å². The maximum atomic E-state index is 13.3. The third-order valence-electron chi connectivity index (χ3n) is 5.82. The number of rotatable bonds is 7. The van der Waals surface area contributed by atoms with E-state index in [4.69, 9.17) is 4.74 Å². The topological polar surface area (TPSA) is 57.0 Å². The lowest BCUT2D eigenvalue weighted by atomic mass is 10.1. The van der Waals surface area contributed by atoms with Gasteiger partial charge in [0.15, 0.2) is 5.78 Å². The summed E-state index contributed by atoms with van der Waals surface area (Å²) in [7, 11) is 1.65. The van der Waals surface area contributed by atoms with Crippen molar-refractivity contribution in [1.82, 2.24) is 14.5 Å². The maximum absolute atomic E-state index is 13.3. The van der Waals surface area contributed by atoms with E-state index in [1.165, 1.54) is 11.8 Å². The monoisotopic (exact) mass is 485 g/mol. The average molecular weight is 486 g/mol. The molecule has 5 nitrogen and oxygen atoms in total. The second-order valence-electron chi connectivity index (χ2n) is 7.90. The van der Waals surface area contributed by atoms with Gasteiger partial charge in [-0.2, -0.15) is 0 Å². The molecule has 0 aliphatic heterocycles. The molecular formula is C27H23N3O2S2. The fourth-order valence-electron chi connectivity index (χ4n) is 4.17. The van der Waals surface area contributed by atoms with E-state index in [1.54, 1.807) is 24.8 Å². The zero-order valence-electron chi connectivity index (χ0n) is 19.1. The van der Waals surface area contributed by atoms with Gasteiger partial charge in [0.25, 0.3) is 0 Å². The van der Waals surface area contributed by atoms with Crippen molar-refractivity contribution >= 4 is 39.1 Å². The highest BCUT2D eigenvalue weighted by Crippen LogP contribution is 2.38. The van der Waals surface area contributed by atoms with Crippen LogP contribution in [0.15, 0.2) is 77.4 Å². The molecule has 3 heterocycles. The van der Waals surface area contributed by atoms with Gasteiger partial charge in [0.05, 0.1) is 18.2 Å². The zero-order valence-corrected chi connectivity index (χ0v) is 20.7. The Kier molecular flexibility index (Phi) is 6.22. The van der Waals surface area contributed by atoms with E-state index < -0.39 is 0 Å². The molecule has 170 valence electrons. The first-order chi connectivity index (χ1) is 16.6.